The van der Waals surface area contributed by atoms with Crippen LogP contribution in [-0.2, 0) is 6.54 Å². The van der Waals surface area contributed by atoms with Gasteiger partial charge in [0.05, 0.1) is 0 Å². The van der Waals surface area contributed by atoms with E-state index in [2.05, 4.69) is 25.2 Å². The maximum atomic E-state index is 6.01. The maximum Gasteiger partial charge on any atom is 0.131 e. The number of hydrogen-bond donors (Lipinski definition) is 1. The van der Waals surface area contributed by atoms with Crippen molar-refractivity contribution in [1.82, 2.24) is 5.32 Å². The number of halogens is 2. The van der Waals surface area contributed by atoms with Crippen molar-refractivity contribution in [3.63, 3.8) is 0 Å². The molecule has 0 saturated heterocycles. The number of nitrogens with one attached hydrogen (secondary N) is 1. The lowest BCUT2D eigenvalue weighted by Gasteiger charge is -2.13. The average molecular weight is 324 g/mol. The number of ether oxygens (including phenoxy) is 1. The monoisotopic (exact) mass is 323 g/mol. The molecule has 0 unspecified atom stereocenters. The molecule has 0 aromatic heterocycles. The summed E-state index contributed by atoms with van der Waals surface area (Å²) in [5.74, 6) is 1.47. The Hall–Kier alpha value is -1.22. The van der Waals surface area contributed by atoms with E-state index in [1.54, 1.807) is 18.2 Å². The van der Waals surface area contributed by atoms with Crippen molar-refractivity contribution in [2.24, 2.45) is 0 Å². The van der Waals surface area contributed by atoms with Gasteiger partial charge in [-0.2, -0.15) is 0 Å². The minimum atomic E-state index is 0.565. The molecular formula is C17H19Cl2NO. The van der Waals surface area contributed by atoms with Crippen LogP contribution in [0.25, 0.3) is 0 Å². The third kappa shape index (κ3) is 4.92. The fourth-order valence-electron chi connectivity index (χ4n) is 2.06. The molecule has 2 aromatic rings. The van der Waals surface area contributed by atoms with Crippen molar-refractivity contribution in [1.29, 1.82) is 0 Å². The molecule has 112 valence electrons. The van der Waals surface area contributed by atoms with Crippen molar-refractivity contribution in [3.05, 3.63) is 57.6 Å². The Balaban J connectivity index is 2.21. The van der Waals surface area contributed by atoms with Crippen LogP contribution in [0.5, 0.6) is 11.5 Å². The van der Waals surface area contributed by atoms with E-state index < -0.39 is 0 Å². The van der Waals surface area contributed by atoms with Crippen LogP contribution in [0.2, 0.25) is 10.0 Å². The van der Waals surface area contributed by atoms with E-state index in [0.29, 0.717) is 15.8 Å². The van der Waals surface area contributed by atoms with Gasteiger partial charge in [0.15, 0.2) is 0 Å². The van der Waals surface area contributed by atoms with Crippen LogP contribution < -0.4 is 10.1 Å². The minimum Gasteiger partial charge on any atom is -0.457 e. The topological polar surface area (TPSA) is 21.3 Å². The van der Waals surface area contributed by atoms with Gasteiger partial charge in [0.2, 0.25) is 0 Å². The first-order chi connectivity index (χ1) is 10.1. The van der Waals surface area contributed by atoms with E-state index in [-0.39, 0.29) is 0 Å². The summed E-state index contributed by atoms with van der Waals surface area (Å²) in [6.07, 6.45) is 1.10. The molecule has 0 atom stereocenters. The quantitative estimate of drug-likeness (QED) is 0.699. The van der Waals surface area contributed by atoms with Gasteiger partial charge in [-0.05, 0) is 44.2 Å². The van der Waals surface area contributed by atoms with Crippen molar-refractivity contribution in [3.8, 4) is 11.5 Å². The second-order valence-electron chi connectivity index (χ2n) is 5.00. The van der Waals surface area contributed by atoms with Gasteiger partial charge in [-0.1, -0.05) is 47.8 Å². The summed E-state index contributed by atoms with van der Waals surface area (Å²) in [4.78, 5) is 0. The van der Waals surface area contributed by atoms with Gasteiger partial charge < -0.3 is 10.1 Å². The standard InChI is InChI=1S/C17H19Cl2NO/c1-3-6-20-11-13-7-12(2)4-5-17(13)21-16-9-14(18)8-15(19)10-16/h4-5,7-10,20H,3,6,11H2,1-2H3. The fourth-order valence-corrected chi connectivity index (χ4v) is 2.57. The molecule has 1 N–H and O–H groups in total. The number of rotatable bonds is 6. The van der Waals surface area contributed by atoms with E-state index in [0.717, 1.165) is 30.8 Å². The van der Waals surface area contributed by atoms with Crippen LogP contribution >= 0.6 is 23.2 Å². The van der Waals surface area contributed by atoms with Crippen molar-refractivity contribution < 1.29 is 4.74 Å². The van der Waals surface area contributed by atoms with Crippen LogP contribution in [0.15, 0.2) is 36.4 Å². The summed E-state index contributed by atoms with van der Waals surface area (Å²) in [5, 5.41) is 4.53. The van der Waals surface area contributed by atoms with Gasteiger partial charge in [-0.15, -0.1) is 0 Å². The Morgan fingerprint density at radius 1 is 1.05 bits per heavy atom. The second-order valence-corrected chi connectivity index (χ2v) is 5.87. The second kappa shape index (κ2) is 7.69. The molecule has 0 aliphatic carbocycles. The fraction of sp³-hybridized carbons (Fsp3) is 0.294. The molecular weight excluding hydrogens is 305 g/mol. The number of hydrogen-bond acceptors (Lipinski definition) is 2. The molecule has 0 heterocycles. The zero-order valence-electron chi connectivity index (χ0n) is 12.2. The SMILES string of the molecule is CCCNCc1cc(C)ccc1Oc1cc(Cl)cc(Cl)c1. The molecule has 0 fully saturated rings. The summed E-state index contributed by atoms with van der Waals surface area (Å²) >= 11 is 12.0. The summed E-state index contributed by atoms with van der Waals surface area (Å²) in [7, 11) is 0. The molecule has 0 saturated carbocycles. The first-order valence-corrected chi connectivity index (χ1v) is 7.78. The smallest absolute Gasteiger partial charge is 0.131 e. The van der Waals surface area contributed by atoms with Crippen molar-refractivity contribution in [2.45, 2.75) is 26.8 Å². The van der Waals surface area contributed by atoms with E-state index in [1.165, 1.54) is 5.56 Å². The number of benzene rings is 2. The van der Waals surface area contributed by atoms with Gasteiger partial charge in [-0.25, -0.2) is 0 Å². The summed E-state index contributed by atoms with van der Waals surface area (Å²) < 4.78 is 5.95. The highest BCUT2D eigenvalue weighted by Gasteiger charge is 2.07. The summed E-state index contributed by atoms with van der Waals surface area (Å²) in [6, 6.07) is 11.4. The highest BCUT2D eigenvalue weighted by atomic mass is 35.5. The molecule has 0 amide bonds. The molecule has 0 aliphatic heterocycles. The molecule has 4 heteroatoms. The largest absolute Gasteiger partial charge is 0.457 e. The lowest BCUT2D eigenvalue weighted by atomic mass is 10.1. The van der Waals surface area contributed by atoms with Gasteiger partial charge >= 0.3 is 0 Å². The van der Waals surface area contributed by atoms with Gasteiger partial charge in [0.25, 0.3) is 0 Å². The minimum absolute atomic E-state index is 0.565. The maximum absolute atomic E-state index is 6.01. The highest BCUT2D eigenvalue weighted by Crippen LogP contribution is 2.30. The predicted molar refractivity (Wildman–Crippen MR) is 89.7 cm³/mol. The third-order valence-electron chi connectivity index (χ3n) is 3.02. The third-order valence-corrected chi connectivity index (χ3v) is 3.46. The van der Waals surface area contributed by atoms with Gasteiger partial charge in [0.1, 0.15) is 11.5 Å². The highest BCUT2D eigenvalue weighted by molar-refractivity contribution is 6.34. The molecule has 0 bridgehead atoms. The zero-order chi connectivity index (χ0) is 15.2. The van der Waals surface area contributed by atoms with Crippen molar-refractivity contribution >= 4 is 23.2 Å². The Kier molecular flexibility index (Phi) is 5.92. The van der Waals surface area contributed by atoms with Crippen LogP contribution in [0, 0.1) is 6.92 Å². The summed E-state index contributed by atoms with van der Waals surface area (Å²) in [5.41, 5.74) is 2.33. The predicted octanol–water partition coefficient (Wildman–Crippen LogP) is 5.59. The van der Waals surface area contributed by atoms with Gasteiger partial charge in [0, 0.05) is 22.2 Å². The van der Waals surface area contributed by atoms with Crippen LogP contribution in [0.1, 0.15) is 24.5 Å². The Bertz CT molecular complexity index is 593. The molecule has 0 radical (unpaired) electrons. The Morgan fingerprint density at radius 2 is 1.76 bits per heavy atom. The Labute approximate surface area is 136 Å². The first kappa shape index (κ1) is 16.2. The van der Waals surface area contributed by atoms with Crippen LogP contribution in [-0.4, -0.2) is 6.54 Å². The van der Waals surface area contributed by atoms with E-state index in [1.807, 2.05) is 12.1 Å². The lowest BCUT2D eigenvalue weighted by Crippen LogP contribution is -2.14. The Morgan fingerprint density at radius 3 is 2.43 bits per heavy atom. The van der Waals surface area contributed by atoms with Crippen molar-refractivity contribution in [2.75, 3.05) is 6.54 Å². The molecule has 21 heavy (non-hydrogen) atoms. The van der Waals surface area contributed by atoms with Crippen LogP contribution in [0.4, 0.5) is 0 Å². The van der Waals surface area contributed by atoms with Gasteiger partial charge in [-0.3, -0.25) is 0 Å². The molecule has 2 nitrogen and oxygen atoms in total. The molecule has 0 spiro atoms. The van der Waals surface area contributed by atoms with E-state index >= 15 is 0 Å². The molecule has 2 aromatic carbocycles. The molecule has 0 aliphatic rings. The lowest BCUT2D eigenvalue weighted by molar-refractivity contribution is 0.472. The number of aryl methyl sites for hydroxylation is 1. The van der Waals surface area contributed by atoms with Crippen LogP contribution in [0.3, 0.4) is 0 Å². The van der Waals surface area contributed by atoms with E-state index in [9.17, 15) is 0 Å². The average Bonchev–Trinajstić information content (AvgIpc) is 2.41. The zero-order valence-corrected chi connectivity index (χ0v) is 13.8. The summed E-state index contributed by atoms with van der Waals surface area (Å²) in [6.45, 7) is 5.98. The van der Waals surface area contributed by atoms with E-state index in [4.69, 9.17) is 27.9 Å². The molecule has 2 rings (SSSR count). The normalized spacial score (nSPS) is 10.7. The first-order valence-electron chi connectivity index (χ1n) is 7.02.